The van der Waals surface area contributed by atoms with Gasteiger partial charge in [0.25, 0.3) is 5.92 Å². The molecule has 1 saturated heterocycles. The van der Waals surface area contributed by atoms with Crippen LogP contribution in [0.15, 0.2) is 40.3 Å². The number of likely N-dealkylation sites (tertiary alicyclic amines) is 1. The van der Waals surface area contributed by atoms with Crippen molar-refractivity contribution in [1.29, 1.82) is 0 Å². The molecule has 1 aromatic rings. The molecule has 0 amide bonds. The standard InChI is InChI=1S/C14H19F2N5/c15-14(16)7-9-21(10-14)13(18)20-12(17)19-8-6-11-4-2-1-3-5-11/h1-5H,6-10H2,(H4,17,18,19,20). The lowest BCUT2D eigenvalue weighted by molar-refractivity contribution is 0.0175. The second kappa shape index (κ2) is 6.51. The number of hydrogen-bond acceptors (Lipinski definition) is 1. The molecule has 1 aliphatic heterocycles. The molecule has 1 aromatic carbocycles. The van der Waals surface area contributed by atoms with Crippen LogP contribution in [-0.4, -0.2) is 42.4 Å². The van der Waals surface area contributed by atoms with E-state index in [0.29, 0.717) is 6.54 Å². The maximum atomic E-state index is 13.1. The van der Waals surface area contributed by atoms with Gasteiger partial charge < -0.3 is 16.4 Å². The number of rotatable bonds is 3. The van der Waals surface area contributed by atoms with Gasteiger partial charge in [-0.3, -0.25) is 4.99 Å². The fourth-order valence-electron chi connectivity index (χ4n) is 2.10. The zero-order valence-corrected chi connectivity index (χ0v) is 11.7. The van der Waals surface area contributed by atoms with Crippen LogP contribution in [0, 0.1) is 0 Å². The van der Waals surface area contributed by atoms with E-state index in [1.54, 1.807) is 0 Å². The van der Waals surface area contributed by atoms with Crippen molar-refractivity contribution in [3.05, 3.63) is 35.9 Å². The molecule has 21 heavy (non-hydrogen) atoms. The van der Waals surface area contributed by atoms with Gasteiger partial charge in [-0.15, -0.1) is 0 Å². The van der Waals surface area contributed by atoms with E-state index in [0.717, 1.165) is 12.0 Å². The lowest BCUT2D eigenvalue weighted by atomic mass is 10.2. The molecule has 0 unspecified atom stereocenters. The van der Waals surface area contributed by atoms with Crippen molar-refractivity contribution in [3.8, 4) is 0 Å². The summed E-state index contributed by atoms with van der Waals surface area (Å²) in [5.74, 6) is -2.70. The monoisotopic (exact) mass is 295 g/mol. The Balaban J connectivity index is 1.86. The molecule has 0 aromatic heterocycles. The Morgan fingerprint density at radius 2 is 1.95 bits per heavy atom. The van der Waals surface area contributed by atoms with Gasteiger partial charge in [0.15, 0.2) is 5.96 Å². The molecule has 1 fully saturated rings. The normalized spacial score (nSPS) is 19.0. The molecule has 4 N–H and O–H groups in total. The average molecular weight is 295 g/mol. The van der Waals surface area contributed by atoms with Gasteiger partial charge in [-0.1, -0.05) is 30.3 Å². The van der Waals surface area contributed by atoms with Crippen LogP contribution in [0.5, 0.6) is 0 Å². The molecule has 114 valence electrons. The highest BCUT2D eigenvalue weighted by Crippen LogP contribution is 2.26. The summed E-state index contributed by atoms with van der Waals surface area (Å²) in [5.41, 5.74) is 12.5. The minimum Gasteiger partial charge on any atom is -0.369 e. The van der Waals surface area contributed by atoms with E-state index in [1.165, 1.54) is 4.90 Å². The van der Waals surface area contributed by atoms with Gasteiger partial charge in [0, 0.05) is 19.5 Å². The van der Waals surface area contributed by atoms with Gasteiger partial charge in [0.1, 0.15) is 0 Å². The number of nitrogens with two attached hydrogens (primary N) is 2. The Labute approximate surface area is 122 Å². The first-order chi connectivity index (χ1) is 9.96. The van der Waals surface area contributed by atoms with Crippen LogP contribution >= 0.6 is 0 Å². The minimum absolute atomic E-state index is 0.00636. The lowest BCUT2D eigenvalue weighted by Crippen LogP contribution is -2.38. The van der Waals surface area contributed by atoms with Crippen LogP contribution in [0.2, 0.25) is 0 Å². The van der Waals surface area contributed by atoms with Crippen molar-refractivity contribution in [2.45, 2.75) is 18.8 Å². The predicted octanol–water partition coefficient (Wildman–Crippen LogP) is 1.20. The smallest absolute Gasteiger partial charge is 0.267 e. The number of hydrogen-bond donors (Lipinski definition) is 2. The highest BCUT2D eigenvalue weighted by atomic mass is 19.3. The second-order valence-electron chi connectivity index (χ2n) is 4.97. The summed E-state index contributed by atoms with van der Waals surface area (Å²) < 4.78 is 26.1. The summed E-state index contributed by atoms with van der Waals surface area (Å²) in [6, 6.07) is 9.83. The van der Waals surface area contributed by atoms with E-state index in [1.807, 2.05) is 30.3 Å². The Kier molecular flexibility index (Phi) is 4.72. The SMILES string of the molecule is NC(=NCCc1ccccc1)/N=C(/N)N1CCC(F)(F)C1. The van der Waals surface area contributed by atoms with Crippen molar-refractivity contribution in [1.82, 2.24) is 4.90 Å². The average Bonchev–Trinajstić information content (AvgIpc) is 2.80. The van der Waals surface area contributed by atoms with E-state index in [4.69, 9.17) is 11.5 Å². The number of benzene rings is 1. The second-order valence-corrected chi connectivity index (χ2v) is 4.97. The van der Waals surface area contributed by atoms with Gasteiger partial charge in [-0.25, -0.2) is 8.78 Å². The summed E-state index contributed by atoms with van der Waals surface area (Å²) in [6.45, 7) is 0.238. The first-order valence-electron chi connectivity index (χ1n) is 6.77. The molecule has 0 spiro atoms. The van der Waals surface area contributed by atoms with Crippen LogP contribution in [0.1, 0.15) is 12.0 Å². The molecular formula is C14H19F2N5. The topological polar surface area (TPSA) is 80.0 Å². The Bertz CT molecular complexity index is 527. The van der Waals surface area contributed by atoms with Gasteiger partial charge in [-0.05, 0) is 12.0 Å². The molecule has 1 aliphatic rings. The van der Waals surface area contributed by atoms with E-state index in [2.05, 4.69) is 9.98 Å². The molecule has 5 nitrogen and oxygen atoms in total. The van der Waals surface area contributed by atoms with E-state index in [9.17, 15) is 8.78 Å². The number of guanidine groups is 2. The summed E-state index contributed by atoms with van der Waals surface area (Å²) in [5, 5.41) is 0. The molecule has 0 atom stereocenters. The van der Waals surface area contributed by atoms with Gasteiger partial charge in [-0.2, -0.15) is 4.99 Å². The molecule has 7 heteroatoms. The summed E-state index contributed by atoms with van der Waals surface area (Å²) in [6.07, 6.45) is 0.521. The van der Waals surface area contributed by atoms with Crippen LogP contribution < -0.4 is 11.5 Å². The van der Waals surface area contributed by atoms with E-state index < -0.39 is 12.5 Å². The largest absolute Gasteiger partial charge is 0.369 e. The molecule has 0 aliphatic carbocycles. The first-order valence-corrected chi connectivity index (χ1v) is 6.77. The van der Waals surface area contributed by atoms with Crippen molar-refractivity contribution < 1.29 is 8.78 Å². The number of nitrogens with zero attached hydrogens (tertiary/aromatic N) is 3. The van der Waals surface area contributed by atoms with Gasteiger partial charge in [0.2, 0.25) is 5.96 Å². The number of alkyl halides is 2. The molecule has 2 rings (SSSR count). The van der Waals surface area contributed by atoms with Crippen LogP contribution in [0.3, 0.4) is 0 Å². The summed E-state index contributed by atoms with van der Waals surface area (Å²) in [7, 11) is 0. The molecule has 0 radical (unpaired) electrons. The zero-order chi connectivity index (χ0) is 15.3. The third kappa shape index (κ3) is 4.70. The quantitative estimate of drug-likeness (QED) is 0.649. The Morgan fingerprint density at radius 3 is 2.57 bits per heavy atom. The lowest BCUT2D eigenvalue weighted by Gasteiger charge is -2.16. The zero-order valence-electron chi connectivity index (χ0n) is 11.7. The number of aliphatic imine (C=N–C) groups is 2. The molecule has 0 saturated carbocycles. The molecule has 0 bridgehead atoms. The Hall–Kier alpha value is -2.18. The molecule has 1 heterocycles. The first kappa shape index (κ1) is 15.2. The number of halogens is 2. The third-order valence-corrected chi connectivity index (χ3v) is 3.24. The minimum atomic E-state index is -2.71. The van der Waals surface area contributed by atoms with Crippen LogP contribution in [0.25, 0.3) is 0 Å². The van der Waals surface area contributed by atoms with Crippen molar-refractivity contribution in [2.75, 3.05) is 19.6 Å². The highest BCUT2D eigenvalue weighted by molar-refractivity contribution is 5.93. The summed E-state index contributed by atoms with van der Waals surface area (Å²) in [4.78, 5) is 9.27. The Morgan fingerprint density at radius 1 is 1.24 bits per heavy atom. The maximum Gasteiger partial charge on any atom is 0.267 e. The summed E-state index contributed by atoms with van der Waals surface area (Å²) >= 11 is 0. The molecular weight excluding hydrogens is 276 g/mol. The van der Waals surface area contributed by atoms with Crippen molar-refractivity contribution >= 4 is 11.9 Å². The van der Waals surface area contributed by atoms with E-state index >= 15 is 0 Å². The predicted molar refractivity (Wildman–Crippen MR) is 79.4 cm³/mol. The van der Waals surface area contributed by atoms with Crippen LogP contribution in [-0.2, 0) is 6.42 Å². The van der Waals surface area contributed by atoms with Gasteiger partial charge in [0.05, 0.1) is 6.54 Å². The van der Waals surface area contributed by atoms with Gasteiger partial charge >= 0.3 is 0 Å². The van der Waals surface area contributed by atoms with Crippen LogP contribution in [0.4, 0.5) is 8.78 Å². The highest BCUT2D eigenvalue weighted by Gasteiger charge is 2.39. The maximum absolute atomic E-state index is 13.1. The van der Waals surface area contributed by atoms with E-state index in [-0.39, 0.29) is 24.9 Å². The van der Waals surface area contributed by atoms with Crippen molar-refractivity contribution in [3.63, 3.8) is 0 Å². The fraction of sp³-hybridized carbons (Fsp3) is 0.429. The third-order valence-electron chi connectivity index (χ3n) is 3.24. The fourth-order valence-corrected chi connectivity index (χ4v) is 2.10. The van der Waals surface area contributed by atoms with Crippen molar-refractivity contribution in [2.24, 2.45) is 21.5 Å².